The molecule has 1 amide bonds. The van der Waals surface area contributed by atoms with Crippen molar-refractivity contribution < 1.29 is 9.53 Å². The summed E-state index contributed by atoms with van der Waals surface area (Å²) in [7, 11) is 2.23. The van der Waals surface area contributed by atoms with Crippen molar-refractivity contribution in [3.63, 3.8) is 0 Å². The van der Waals surface area contributed by atoms with Crippen LogP contribution in [0.5, 0.6) is 0 Å². The molecule has 2 aliphatic rings. The molecule has 0 aromatic carbocycles. The van der Waals surface area contributed by atoms with Gasteiger partial charge in [-0.05, 0) is 64.3 Å². The Balaban J connectivity index is 1.60. The first-order chi connectivity index (χ1) is 11.6. The molecule has 2 aliphatic heterocycles. The number of rotatable bonds is 4. The SMILES string of the molecule is CCOC[C@H]1CCC2(CCN(C(=O)c3cc(C)ccn3)CC2)N1C. The zero-order valence-electron chi connectivity index (χ0n) is 15.1. The summed E-state index contributed by atoms with van der Waals surface area (Å²) in [6.45, 7) is 7.29. The molecule has 3 heterocycles. The van der Waals surface area contributed by atoms with E-state index in [0.29, 0.717) is 11.7 Å². The van der Waals surface area contributed by atoms with E-state index in [9.17, 15) is 4.79 Å². The normalized spacial score (nSPS) is 23.8. The molecular formula is C19H29N3O2. The summed E-state index contributed by atoms with van der Waals surface area (Å²) in [5.41, 5.74) is 1.90. The van der Waals surface area contributed by atoms with Gasteiger partial charge in [0.05, 0.1) is 6.61 Å². The Morgan fingerprint density at radius 1 is 1.38 bits per heavy atom. The van der Waals surface area contributed by atoms with E-state index in [1.807, 2.05) is 30.9 Å². The third-order valence-electron chi connectivity index (χ3n) is 5.87. The molecule has 24 heavy (non-hydrogen) atoms. The van der Waals surface area contributed by atoms with E-state index in [0.717, 1.165) is 44.7 Å². The highest BCUT2D eigenvalue weighted by molar-refractivity contribution is 5.92. The van der Waals surface area contributed by atoms with Gasteiger partial charge in [0, 0.05) is 37.5 Å². The monoisotopic (exact) mass is 331 g/mol. The predicted molar refractivity (Wildman–Crippen MR) is 94.1 cm³/mol. The second-order valence-corrected chi connectivity index (χ2v) is 7.20. The number of likely N-dealkylation sites (N-methyl/N-ethyl adjacent to an activating group) is 1. The summed E-state index contributed by atoms with van der Waals surface area (Å²) in [5.74, 6) is 0.0695. The van der Waals surface area contributed by atoms with Crippen molar-refractivity contribution in [1.82, 2.24) is 14.8 Å². The molecule has 0 N–H and O–H groups in total. The topological polar surface area (TPSA) is 45.7 Å². The summed E-state index contributed by atoms with van der Waals surface area (Å²) in [5, 5.41) is 0. The maximum atomic E-state index is 12.7. The Labute approximate surface area is 145 Å². The van der Waals surface area contributed by atoms with Crippen LogP contribution in [0.1, 0.15) is 48.7 Å². The standard InChI is InChI=1S/C19H29N3O2/c1-4-24-14-16-5-7-19(21(16)3)8-11-22(12-9-19)18(23)17-13-15(2)6-10-20-17/h6,10,13,16H,4-5,7-9,11-12,14H2,1-3H3/t16-/m1/s1. The first-order valence-electron chi connectivity index (χ1n) is 9.08. The van der Waals surface area contributed by atoms with Crippen molar-refractivity contribution in [3.05, 3.63) is 29.6 Å². The Bertz CT molecular complexity index is 582. The Kier molecular flexibility index (Phi) is 5.21. The van der Waals surface area contributed by atoms with Crippen molar-refractivity contribution in [3.8, 4) is 0 Å². The number of nitrogens with zero attached hydrogens (tertiary/aromatic N) is 3. The van der Waals surface area contributed by atoms with Gasteiger partial charge in [0.15, 0.2) is 0 Å². The van der Waals surface area contributed by atoms with Gasteiger partial charge in [-0.2, -0.15) is 0 Å². The lowest BCUT2D eigenvalue weighted by molar-refractivity contribution is 0.0209. The van der Waals surface area contributed by atoms with Crippen LogP contribution in [-0.4, -0.2) is 65.6 Å². The van der Waals surface area contributed by atoms with Crippen LogP contribution in [0.25, 0.3) is 0 Å². The number of hydrogen-bond acceptors (Lipinski definition) is 4. The summed E-state index contributed by atoms with van der Waals surface area (Å²) >= 11 is 0. The molecule has 5 nitrogen and oxygen atoms in total. The van der Waals surface area contributed by atoms with Crippen LogP contribution >= 0.6 is 0 Å². The Morgan fingerprint density at radius 2 is 2.12 bits per heavy atom. The molecule has 0 bridgehead atoms. The summed E-state index contributed by atoms with van der Waals surface area (Å²) in [4.78, 5) is 21.4. The molecule has 1 aromatic rings. The third-order valence-corrected chi connectivity index (χ3v) is 5.87. The van der Waals surface area contributed by atoms with Gasteiger partial charge >= 0.3 is 0 Å². The van der Waals surface area contributed by atoms with Gasteiger partial charge in [-0.15, -0.1) is 0 Å². The molecule has 0 saturated carbocycles. The molecular weight excluding hydrogens is 302 g/mol. The van der Waals surface area contributed by atoms with Crippen molar-refractivity contribution in [2.24, 2.45) is 0 Å². The maximum absolute atomic E-state index is 12.7. The van der Waals surface area contributed by atoms with Gasteiger partial charge in [0.1, 0.15) is 5.69 Å². The van der Waals surface area contributed by atoms with E-state index in [1.54, 1.807) is 6.20 Å². The highest BCUT2D eigenvalue weighted by atomic mass is 16.5. The van der Waals surface area contributed by atoms with Crippen LogP contribution in [0, 0.1) is 6.92 Å². The minimum Gasteiger partial charge on any atom is -0.380 e. The van der Waals surface area contributed by atoms with Crippen LogP contribution in [0.4, 0.5) is 0 Å². The summed E-state index contributed by atoms with van der Waals surface area (Å²) < 4.78 is 5.64. The van der Waals surface area contributed by atoms with Gasteiger partial charge in [-0.25, -0.2) is 0 Å². The maximum Gasteiger partial charge on any atom is 0.272 e. The van der Waals surface area contributed by atoms with Crippen molar-refractivity contribution in [2.75, 3.05) is 33.4 Å². The van der Waals surface area contributed by atoms with Crippen molar-refractivity contribution in [2.45, 2.75) is 51.1 Å². The number of carbonyl (C=O) groups excluding carboxylic acids is 1. The molecule has 2 fully saturated rings. The van der Waals surface area contributed by atoms with E-state index in [2.05, 4.69) is 16.9 Å². The Morgan fingerprint density at radius 3 is 2.79 bits per heavy atom. The van der Waals surface area contributed by atoms with Crippen LogP contribution < -0.4 is 0 Å². The smallest absolute Gasteiger partial charge is 0.272 e. The zero-order valence-corrected chi connectivity index (χ0v) is 15.1. The van der Waals surface area contributed by atoms with Gasteiger partial charge in [0.25, 0.3) is 5.91 Å². The molecule has 0 aliphatic carbocycles. The number of amides is 1. The van der Waals surface area contributed by atoms with Crippen molar-refractivity contribution in [1.29, 1.82) is 0 Å². The predicted octanol–water partition coefficient (Wildman–Crippen LogP) is 2.50. The van der Waals surface area contributed by atoms with Gasteiger partial charge in [-0.1, -0.05) is 0 Å². The molecule has 2 saturated heterocycles. The number of aryl methyl sites for hydroxylation is 1. The van der Waals surface area contributed by atoms with E-state index in [4.69, 9.17) is 4.74 Å². The van der Waals surface area contributed by atoms with E-state index in [-0.39, 0.29) is 11.4 Å². The van der Waals surface area contributed by atoms with Gasteiger partial charge in [0.2, 0.25) is 0 Å². The van der Waals surface area contributed by atoms with Crippen LogP contribution in [0.2, 0.25) is 0 Å². The van der Waals surface area contributed by atoms with Gasteiger partial charge < -0.3 is 9.64 Å². The third kappa shape index (κ3) is 3.33. The number of carbonyl (C=O) groups is 1. The molecule has 1 aromatic heterocycles. The molecule has 1 atom stereocenters. The lowest BCUT2D eigenvalue weighted by atomic mass is 9.85. The second kappa shape index (κ2) is 7.19. The first kappa shape index (κ1) is 17.4. The number of likely N-dealkylation sites (tertiary alicyclic amines) is 2. The van der Waals surface area contributed by atoms with Gasteiger partial charge in [-0.3, -0.25) is 14.7 Å². The minimum atomic E-state index is 0.0695. The number of hydrogen-bond donors (Lipinski definition) is 0. The average Bonchev–Trinajstić information content (AvgIpc) is 2.89. The van der Waals surface area contributed by atoms with Crippen molar-refractivity contribution >= 4 is 5.91 Å². The lowest BCUT2D eigenvalue weighted by Crippen LogP contribution is -2.54. The molecule has 5 heteroatoms. The first-order valence-corrected chi connectivity index (χ1v) is 9.08. The number of pyridine rings is 1. The number of ether oxygens (including phenoxy) is 1. The average molecular weight is 331 g/mol. The highest BCUT2D eigenvalue weighted by Gasteiger charge is 2.46. The summed E-state index contributed by atoms with van der Waals surface area (Å²) in [6.07, 6.45) is 6.22. The molecule has 3 rings (SSSR count). The van der Waals surface area contributed by atoms with E-state index in [1.165, 1.54) is 12.8 Å². The van der Waals surface area contributed by atoms with E-state index < -0.39 is 0 Å². The molecule has 0 unspecified atom stereocenters. The number of piperidine rings is 1. The highest BCUT2D eigenvalue weighted by Crippen LogP contribution is 2.40. The fraction of sp³-hybridized carbons (Fsp3) is 0.684. The largest absolute Gasteiger partial charge is 0.380 e. The van der Waals surface area contributed by atoms with E-state index >= 15 is 0 Å². The lowest BCUT2D eigenvalue weighted by Gasteiger charge is -2.45. The fourth-order valence-corrected chi connectivity index (χ4v) is 4.19. The van der Waals surface area contributed by atoms with Crippen LogP contribution in [-0.2, 0) is 4.74 Å². The van der Waals surface area contributed by atoms with Crippen LogP contribution in [0.15, 0.2) is 18.3 Å². The second-order valence-electron chi connectivity index (χ2n) is 7.20. The molecule has 132 valence electrons. The molecule has 0 radical (unpaired) electrons. The number of aromatic nitrogens is 1. The Hall–Kier alpha value is -1.46. The fourth-order valence-electron chi connectivity index (χ4n) is 4.19. The van der Waals surface area contributed by atoms with Crippen LogP contribution in [0.3, 0.4) is 0 Å². The zero-order chi connectivity index (χ0) is 17.2. The quantitative estimate of drug-likeness (QED) is 0.850. The minimum absolute atomic E-state index is 0.0695. The summed E-state index contributed by atoms with van der Waals surface area (Å²) in [6, 6.07) is 4.33. The molecule has 1 spiro atoms.